The van der Waals surface area contributed by atoms with Crippen LogP contribution in [-0.2, 0) is 17.6 Å². The molecule has 2 heterocycles. The van der Waals surface area contributed by atoms with E-state index in [-0.39, 0.29) is 19.7 Å². The minimum atomic E-state index is -0.910. The van der Waals surface area contributed by atoms with Gasteiger partial charge in [-0.05, 0) is 60.2 Å². The van der Waals surface area contributed by atoms with Crippen molar-refractivity contribution >= 4 is 23.3 Å². The van der Waals surface area contributed by atoms with Crippen molar-refractivity contribution in [2.45, 2.75) is 32.6 Å². The minimum absolute atomic E-state index is 0.197. The highest BCUT2D eigenvalue weighted by Gasteiger charge is 2.35. The van der Waals surface area contributed by atoms with Crippen LogP contribution in [0.5, 0.6) is 0 Å². The summed E-state index contributed by atoms with van der Waals surface area (Å²) < 4.78 is 4.08. The molecule has 5 nitrogen and oxygen atoms in total. The van der Waals surface area contributed by atoms with Gasteiger partial charge in [-0.25, -0.2) is 0 Å². The molecule has 2 aliphatic rings. The number of pyridine rings is 1. The van der Waals surface area contributed by atoms with E-state index < -0.39 is 10.7 Å². The molecule has 1 fully saturated rings. The average molecular weight is 399 g/mol. The predicted octanol–water partition coefficient (Wildman–Crippen LogP) is 4.90. The number of quaternary nitrogens is 1. The maximum Gasteiger partial charge on any atom is 0.516 e. The van der Waals surface area contributed by atoms with Gasteiger partial charge in [0.1, 0.15) is 0 Å². The molecule has 4 rings (SSSR count). The molecule has 0 bridgehead atoms. The van der Waals surface area contributed by atoms with Gasteiger partial charge in [-0.15, -0.1) is 0 Å². The summed E-state index contributed by atoms with van der Waals surface area (Å²) in [4.78, 5) is 16.8. The van der Waals surface area contributed by atoms with E-state index in [4.69, 9.17) is 21.3 Å². The molecule has 1 amide bonds. The number of benzene rings is 1. The number of hydrogen-bond donors (Lipinski definition) is 0. The predicted molar refractivity (Wildman–Crippen MR) is 109 cm³/mol. The highest BCUT2D eigenvalue weighted by Crippen LogP contribution is 2.39. The number of nitrogens with zero attached hydrogens (tertiary/aromatic N) is 2. The zero-order valence-corrected chi connectivity index (χ0v) is 16.7. The van der Waals surface area contributed by atoms with E-state index in [9.17, 15) is 10.0 Å². The number of amides is 1. The number of halogens is 1. The number of carbonyl (C=O) groups excluding carboxylic acids is 1. The molecule has 1 aromatic heterocycles. The number of carbonyl (C=O) groups is 1. The second kappa shape index (κ2) is 7.66. The topological polar surface area (TPSA) is 62.2 Å². The molecule has 1 aromatic carbocycles. The van der Waals surface area contributed by atoms with Crippen LogP contribution in [0.4, 0.5) is 4.79 Å². The Labute approximate surface area is 169 Å². The van der Waals surface area contributed by atoms with Gasteiger partial charge < -0.3 is 9.94 Å². The third kappa shape index (κ3) is 3.46. The van der Waals surface area contributed by atoms with E-state index in [1.54, 1.807) is 6.92 Å². The molecule has 0 unspecified atom stereocenters. The molecule has 0 radical (unpaired) electrons. The second-order valence-electron chi connectivity index (χ2n) is 7.33. The summed E-state index contributed by atoms with van der Waals surface area (Å²) in [6.45, 7) is 2.34. The fourth-order valence-corrected chi connectivity index (χ4v) is 4.37. The van der Waals surface area contributed by atoms with Crippen molar-refractivity contribution in [3.63, 3.8) is 0 Å². The fourth-order valence-electron chi connectivity index (χ4n) is 4.17. The normalized spacial score (nSPS) is 21.5. The Balaban J connectivity index is 1.78. The maximum absolute atomic E-state index is 12.9. The van der Waals surface area contributed by atoms with Crippen LogP contribution >= 0.6 is 11.6 Å². The fraction of sp³-hybridized carbons (Fsp3) is 0.364. The first-order chi connectivity index (χ1) is 13.5. The Hall–Kier alpha value is -2.21. The highest BCUT2D eigenvalue weighted by atomic mass is 35.5. The molecule has 1 aliphatic carbocycles. The van der Waals surface area contributed by atoms with Crippen molar-refractivity contribution in [3.8, 4) is 0 Å². The number of aryl methyl sites for hydroxylation is 2. The van der Waals surface area contributed by atoms with Crippen molar-refractivity contribution in [2.24, 2.45) is 0 Å². The number of fused-ring (bicyclic) bond motifs is 2. The van der Waals surface area contributed by atoms with Gasteiger partial charge in [0.05, 0.1) is 25.4 Å². The molecule has 0 atom stereocenters. The zero-order valence-electron chi connectivity index (χ0n) is 15.9. The number of hydroxylamine groups is 3. The van der Waals surface area contributed by atoms with E-state index in [2.05, 4.69) is 12.1 Å². The monoisotopic (exact) mass is 398 g/mol. The molecule has 6 heteroatoms. The first-order valence-electron chi connectivity index (χ1n) is 9.72. The van der Waals surface area contributed by atoms with Gasteiger partial charge in [0.15, 0.2) is 0 Å². The standard InChI is InChI=1S/C22H23ClN2O3/c1-2-28-22(26)25(27)12-9-15(10-13-25)20-19-8-7-18(23)14-17(19)6-5-16-4-3-11-24-21(16)20/h3-4,7-8,11,14H,2,5-6,9-10,12-13H2,1H3. The van der Waals surface area contributed by atoms with Gasteiger partial charge in [0.2, 0.25) is 0 Å². The number of hydrogen-bond acceptors (Lipinski definition) is 4. The summed E-state index contributed by atoms with van der Waals surface area (Å²) in [5.74, 6) is 0. The molecule has 0 saturated carbocycles. The molecular weight excluding hydrogens is 376 g/mol. The largest absolute Gasteiger partial charge is 0.622 e. The summed E-state index contributed by atoms with van der Waals surface area (Å²) in [5, 5.41) is 13.6. The second-order valence-corrected chi connectivity index (χ2v) is 7.76. The van der Waals surface area contributed by atoms with Gasteiger partial charge in [-0.1, -0.05) is 23.7 Å². The van der Waals surface area contributed by atoms with Crippen molar-refractivity contribution in [1.82, 2.24) is 4.98 Å². The van der Waals surface area contributed by atoms with Gasteiger partial charge in [-0.3, -0.25) is 9.63 Å². The van der Waals surface area contributed by atoms with Crippen molar-refractivity contribution in [1.29, 1.82) is 0 Å². The smallest absolute Gasteiger partial charge is 0.516 e. The molecule has 146 valence electrons. The lowest BCUT2D eigenvalue weighted by molar-refractivity contribution is -0.810. The van der Waals surface area contributed by atoms with E-state index in [0.717, 1.165) is 34.7 Å². The lowest BCUT2D eigenvalue weighted by Gasteiger charge is -2.41. The number of rotatable bonds is 1. The van der Waals surface area contributed by atoms with Crippen molar-refractivity contribution < 1.29 is 14.2 Å². The summed E-state index contributed by atoms with van der Waals surface area (Å²) >= 11 is 6.25. The van der Waals surface area contributed by atoms with Crippen LogP contribution < -0.4 is 0 Å². The van der Waals surface area contributed by atoms with E-state index >= 15 is 0 Å². The highest BCUT2D eigenvalue weighted by molar-refractivity contribution is 6.30. The van der Waals surface area contributed by atoms with Gasteiger partial charge in [0, 0.05) is 29.6 Å². The molecule has 28 heavy (non-hydrogen) atoms. The third-order valence-corrected chi connectivity index (χ3v) is 5.87. The Kier molecular flexibility index (Phi) is 5.23. The lowest BCUT2D eigenvalue weighted by atomic mass is 9.88. The van der Waals surface area contributed by atoms with Gasteiger partial charge in [-0.2, -0.15) is 4.79 Å². The van der Waals surface area contributed by atoms with Crippen molar-refractivity contribution in [3.05, 3.63) is 74.7 Å². The first-order valence-corrected chi connectivity index (χ1v) is 10.1. The van der Waals surface area contributed by atoms with Crippen LogP contribution in [0.2, 0.25) is 5.02 Å². The van der Waals surface area contributed by atoms with Crippen molar-refractivity contribution in [2.75, 3.05) is 19.7 Å². The lowest BCUT2D eigenvalue weighted by Crippen LogP contribution is -2.51. The van der Waals surface area contributed by atoms with Crippen LogP contribution in [-0.4, -0.2) is 35.4 Å². The van der Waals surface area contributed by atoms with E-state index in [1.165, 1.54) is 16.7 Å². The summed E-state index contributed by atoms with van der Waals surface area (Å²) in [6, 6.07) is 10.1. The maximum atomic E-state index is 12.9. The summed E-state index contributed by atoms with van der Waals surface area (Å²) in [6.07, 6.45) is 4.03. The third-order valence-electron chi connectivity index (χ3n) is 5.63. The number of aromatic nitrogens is 1. The SMILES string of the molecule is CCOC(=O)[N+]1([O-])CCC(=C2c3ccc(Cl)cc3CCc3cccnc32)CC1. The molecule has 0 N–H and O–H groups in total. The van der Waals surface area contributed by atoms with Gasteiger partial charge >= 0.3 is 6.09 Å². The zero-order chi connectivity index (χ0) is 19.7. The van der Waals surface area contributed by atoms with Crippen LogP contribution in [0, 0.1) is 5.21 Å². The van der Waals surface area contributed by atoms with Crippen LogP contribution in [0.25, 0.3) is 5.57 Å². The number of ether oxygens (including phenoxy) is 1. The van der Waals surface area contributed by atoms with Crippen LogP contribution in [0.1, 0.15) is 42.1 Å². The first kappa shape index (κ1) is 19.1. The van der Waals surface area contributed by atoms with E-state index in [0.29, 0.717) is 12.8 Å². The van der Waals surface area contributed by atoms with E-state index in [1.807, 2.05) is 24.4 Å². The molecule has 1 saturated heterocycles. The minimum Gasteiger partial charge on any atom is -0.622 e. The Morgan fingerprint density at radius 2 is 1.93 bits per heavy atom. The molecule has 1 aliphatic heterocycles. The molecule has 0 spiro atoms. The van der Waals surface area contributed by atoms with Gasteiger partial charge in [0.25, 0.3) is 0 Å². The molecule has 2 aromatic rings. The Morgan fingerprint density at radius 1 is 1.18 bits per heavy atom. The van der Waals surface area contributed by atoms with Crippen LogP contribution in [0.15, 0.2) is 42.1 Å². The Bertz CT molecular complexity index is 945. The number of piperidine rings is 1. The molecular formula is C22H23ClN2O3. The number of likely N-dealkylation sites (tertiary alicyclic amines) is 1. The van der Waals surface area contributed by atoms with Crippen LogP contribution in [0.3, 0.4) is 0 Å². The summed E-state index contributed by atoms with van der Waals surface area (Å²) in [7, 11) is 0. The quantitative estimate of drug-likeness (QED) is 0.506. The average Bonchev–Trinajstić information content (AvgIpc) is 2.86. The summed E-state index contributed by atoms with van der Waals surface area (Å²) in [5.41, 5.74) is 6.82. The Morgan fingerprint density at radius 3 is 2.68 bits per heavy atom.